The van der Waals surface area contributed by atoms with Crippen molar-refractivity contribution in [2.24, 2.45) is 0 Å². The Morgan fingerprint density at radius 2 is 1.92 bits per heavy atom. The molecule has 0 fully saturated rings. The summed E-state index contributed by atoms with van der Waals surface area (Å²) in [4.78, 5) is 26.9. The lowest BCUT2D eigenvalue weighted by molar-refractivity contribution is -0.154. The van der Waals surface area contributed by atoms with Crippen molar-refractivity contribution < 1.29 is 37.3 Å². The monoisotopic (exact) mass is 378 g/mol. The van der Waals surface area contributed by atoms with E-state index in [9.17, 15) is 27.9 Å². The van der Waals surface area contributed by atoms with E-state index in [-0.39, 0.29) is 24.5 Å². The Morgan fingerprint density at radius 1 is 1.27 bits per heavy atom. The van der Waals surface area contributed by atoms with Crippen molar-refractivity contribution >= 4 is 11.9 Å². The van der Waals surface area contributed by atoms with Crippen molar-refractivity contribution in [1.29, 1.82) is 0 Å². The van der Waals surface area contributed by atoms with Crippen molar-refractivity contribution in [3.63, 3.8) is 0 Å². The highest BCUT2D eigenvalue weighted by Gasteiger charge is 2.28. The topological polar surface area (TPSA) is 97.8 Å². The summed E-state index contributed by atoms with van der Waals surface area (Å²) in [6.45, 7) is 4.07. The summed E-state index contributed by atoms with van der Waals surface area (Å²) >= 11 is 0. The number of carboxylic acids is 1. The molecule has 0 aliphatic heterocycles. The SMILES string of the molecule is CC(C)(C)OCCC(NC(=O)c1ccc(OCC(F)(F)F)nc1)C(=O)O. The highest BCUT2D eigenvalue weighted by molar-refractivity contribution is 5.96. The minimum Gasteiger partial charge on any atom is -0.480 e. The molecule has 2 N–H and O–H groups in total. The maximum atomic E-state index is 12.1. The van der Waals surface area contributed by atoms with E-state index in [0.717, 1.165) is 12.3 Å². The molecule has 1 heterocycles. The second-order valence-corrected chi connectivity index (χ2v) is 6.40. The van der Waals surface area contributed by atoms with Gasteiger partial charge >= 0.3 is 12.1 Å². The molecule has 0 spiro atoms. The predicted molar refractivity (Wildman–Crippen MR) is 85.0 cm³/mol. The van der Waals surface area contributed by atoms with Gasteiger partial charge in [0.25, 0.3) is 5.91 Å². The van der Waals surface area contributed by atoms with Crippen molar-refractivity contribution in [1.82, 2.24) is 10.3 Å². The van der Waals surface area contributed by atoms with E-state index in [2.05, 4.69) is 15.0 Å². The van der Waals surface area contributed by atoms with E-state index >= 15 is 0 Å². The Labute approximate surface area is 148 Å². The first-order chi connectivity index (χ1) is 11.9. The Hall–Kier alpha value is -2.36. The van der Waals surface area contributed by atoms with Crippen LogP contribution in [0.2, 0.25) is 0 Å². The standard InChI is InChI=1S/C16H21F3N2O5/c1-15(2,3)26-7-6-11(14(23)24)21-13(22)10-4-5-12(20-8-10)25-9-16(17,18)19/h4-5,8,11H,6-7,9H2,1-3H3,(H,21,22)(H,23,24). The summed E-state index contributed by atoms with van der Waals surface area (Å²) in [5.74, 6) is -2.25. The van der Waals surface area contributed by atoms with Crippen LogP contribution in [0.3, 0.4) is 0 Å². The zero-order valence-corrected chi connectivity index (χ0v) is 14.6. The van der Waals surface area contributed by atoms with Gasteiger partial charge in [-0.05, 0) is 26.8 Å². The number of hydrogen-bond acceptors (Lipinski definition) is 5. The van der Waals surface area contributed by atoms with E-state index < -0.39 is 36.3 Å². The summed E-state index contributed by atoms with van der Waals surface area (Å²) in [6.07, 6.45) is -3.44. The van der Waals surface area contributed by atoms with Crippen LogP contribution in [0.5, 0.6) is 5.88 Å². The van der Waals surface area contributed by atoms with Crippen molar-refractivity contribution in [3.05, 3.63) is 23.9 Å². The second-order valence-electron chi connectivity index (χ2n) is 6.40. The van der Waals surface area contributed by atoms with Gasteiger partial charge in [-0.2, -0.15) is 13.2 Å². The predicted octanol–water partition coefficient (Wildman–Crippen LogP) is 2.41. The van der Waals surface area contributed by atoms with Gasteiger partial charge in [-0.1, -0.05) is 0 Å². The quantitative estimate of drug-likeness (QED) is 0.721. The fourth-order valence-corrected chi connectivity index (χ4v) is 1.74. The molecule has 0 aliphatic carbocycles. The van der Waals surface area contributed by atoms with Crippen LogP contribution in [0.15, 0.2) is 18.3 Å². The van der Waals surface area contributed by atoms with Crippen LogP contribution in [0.4, 0.5) is 13.2 Å². The summed E-state index contributed by atoms with van der Waals surface area (Å²) in [5.41, 5.74) is -0.448. The maximum Gasteiger partial charge on any atom is 0.422 e. The van der Waals surface area contributed by atoms with Crippen LogP contribution < -0.4 is 10.1 Å². The number of halogens is 3. The zero-order chi connectivity index (χ0) is 20.0. The zero-order valence-electron chi connectivity index (χ0n) is 14.6. The number of carbonyl (C=O) groups is 2. The van der Waals surface area contributed by atoms with Crippen LogP contribution >= 0.6 is 0 Å². The third kappa shape index (κ3) is 8.65. The molecule has 146 valence electrons. The highest BCUT2D eigenvalue weighted by Crippen LogP contribution is 2.17. The molecule has 7 nitrogen and oxygen atoms in total. The first-order valence-corrected chi connectivity index (χ1v) is 7.70. The van der Waals surface area contributed by atoms with Crippen molar-refractivity contribution in [2.75, 3.05) is 13.2 Å². The third-order valence-electron chi connectivity index (χ3n) is 2.93. The van der Waals surface area contributed by atoms with Crippen LogP contribution in [0.1, 0.15) is 37.6 Å². The molecule has 1 atom stereocenters. The molecule has 0 radical (unpaired) electrons. The van der Waals surface area contributed by atoms with Gasteiger partial charge in [-0.25, -0.2) is 9.78 Å². The van der Waals surface area contributed by atoms with Crippen LogP contribution in [-0.4, -0.2) is 53.0 Å². The molecule has 0 bridgehead atoms. The Morgan fingerprint density at radius 3 is 2.38 bits per heavy atom. The molecule has 26 heavy (non-hydrogen) atoms. The molecule has 0 aromatic carbocycles. The maximum absolute atomic E-state index is 12.1. The number of alkyl halides is 3. The van der Waals surface area contributed by atoms with Gasteiger partial charge in [0.15, 0.2) is 6.61 Å². The Kier molecular flexibility index (Phi) is 7.37. The van der Waals surface area contributed by atoms with Gasteiger partial charge in [-0.3, -0.25) is 4.79 Å². The average Bonchev–Trinajstić information content (AvgIpc) is 2.50. The van der Waals surface area contributed by atoms with Gasteiger partial charge < -0.3 is 19.9 Å². The summed E-state index contributed by atoms with van der Waals surface area (Å²) in [7, 11) is 0. The lowest BCUT2D eigenvalue weighted by Gasteiger charge is -2.21. The van der Waals surface area contributed by atoms with Crippen LogP contribution in [0, 0.1) is 0 Å². The number of nitrogens with zero attached hydrogens (tertiary/aromatic N) is 1. The first kappa shape index (κ1) is 21.7. The molecule has 0 saturated heterocycles. The highest BCUT2D eigenvalue weighted by atomic mass is 19.4. The number of ether oxygens (including phenoxy) is 2. The van der Waals surface area contributed by atoms with Gasteiger partial charge in [0.1, 0.15) is 6.04 Å². The molecule has 1 amide bonds. The summed E-state index contributed by atoms with van der Waals surface area (Å²) < 4.78 is 46.0. The number of aliphatic carboxylic acids is 1. The first-order valence-electron chi connectivity index (χ1n) is 7.70. The van der Waals surface area contributed by atoms with Crippen LogP contribution in [-0.2, 0) is 9.53 Å². The fraction of sp³-hybridized carbons (Fsp3) is 0.562. The number of carbonyl (C=O) groups excluding carboxylic acids is 1. The molecular weight excluding hydrogens is 357 g/mol. The lowest BCUT2D eigenvalue weighted by atomic mass is 10.1. The number of nitrogens with one attached hydrogen (secondary N) is 1. The molecule has 1 unspecified atom stereocenters. The molecule has 0 saturated carbocycles. The molecule has 1 aromatic rings. The van der Waals surface area contributed by atoms with E-state index in [1.807, 2.05) is 20.8 Å². The molecule has 1 aromatic heterocycles. The van der Waals surface area contributed by atoms with Gasteiger partial charge in [0.2, 0.25) is 5.88 Å². The Bertz CT molecular complexity index is 612. The van der Waals surface area contributed by atoms with E-state index in [1.165, 1.54) is 6.07 Å². The third-order valence-corrected chi connectivity index (χ3v) is 2.93. The Balaban J connectivity index is 2.62. The smallest absolute Gasteiger partial charge is 0.422 e. The molecule has 10 heteroatoms. The summed E-state index contributed by atoms with van der Waals surface area (Å²) in [5, 5.41) is 11.5. The van der Waals surface area contributed by atoms with Gasteiger partial charge in [-0.15, -0.1) is 0 Å². The fourth-order valence-electron chi connectivity index (χ4n) is 1.74. The van der Waals surface area contributed by atoms with E-state index in [1.54, 1.807) is 0 Å². The second kappa shape index (κ2) is 8.84. The number of pyridine rings is 1. The average molecular weight is 378 g/mol. The minimum atomic E-state index is -4.50. The normalized spacial score (nSPS) is 13.2. The van der Waals surface area contributed by atoms with Crippen molar-refractivity contribution in [3.8, 4) is 5.88 Å². The number of amides is 1. The molecular formula is C16H21F3N2O5. The number of rotatable bonds is 8. The van der Waals surface area contributed by atoms with E-state index in [4.69, 9.17) is 4.74 Å². The lowest BCUT2D eigenvalue weighted by Crippen LogP contribution is -2.42. The number of carboxylic acid groups (broad SMARTS) is 1. The number of aromatic nitrogens is 1. The molecule has 0 aliphatic rings. The minimum absolute atomic E-state index is 0.00708. The molecule has 1 rings (SSSR count). The summed E-state index contributed by atoms with van der Waals surface area (Å²) in [6, 6.07) is 1.11. The van der Waals surface area contributed by atoms with E-state index in [0.29, 0.717) is 0 Å². The largest absolute Gasteiger partial charge is 0.480 e. The van der Waals surface area contributed by atoms with Gasteiger partial charge in [0.05, 0.1) is 11.2 Å². The van der Waals surface area contributed by atoms with Crippen LogP contribution in [0.25, 0.3) is 0 Å². The van der Waals surface area contributed by atoms with Gasteiger partial charge in [0, 0.05) is 25.3 Å². The van der Waals surface area contributed by atoms with Crippen molar-refractivity contribution in [2.45, 2.75) is 45.0 Å². The number of hydrogen-bond donors (Lipinski definition) is 2.